The molecule has 110 valence electrons. The highest BCUT2D eigenvalue weighted by Crippen LogP contribution is 2.23. The monoisotopic (exact) mass is 285 g/mol. The molecule has 1 aromatic rings. The molecular weight excluding hydrogens is 266 g/mol. The van der Waals surface area contributed by atoms with Crippen LogP contribution in [0, 0.1) is 18.8 Å². The summed E-state index contributed by atoms with van der Waals surface area (Å²) in [6, 6.07) is 5.40. The van der Waals surface area contributed by atoms with E-state index in [1.807, 2.05) is 19.1 Å². The van der Waals surface area contributed by atoms with Crippen LogP contribution in [0.25, 0.3) is 0 Å². The fourth-order valence-electron chi connectivity index (χ4n) is 2.34. The summed E-state index contributed by atoms with van der Waals surface area (Å²) in [5.74, 6) is 5.59. The van der Waals surface area contributed by atoms with E-state index < -0.39 is 0 Å². The number of nitrogens with zero attached hydrogens (tertiary/aromatic N) is 1. The maximum Gasteiger partial charge on any atom is 0.233 e. The van der Waals surface area contributed by atoms with Crippen molar-refractivity contribution in [1.82, 2.24) is 0 Å². The third-order valence-corrected chi connectivity index (χ3v) is 3.46. The first kappa shape index (κ1) is 15.3. The average Bonchev–Trinajstić information content (AvgIpc) is 2.62. The van der Waals surface area contributed by atoms with E-state index in [9.17, 15) is 9.59 Å². The van der Waals surface area contributed by atoms with Gasteiger partial charge in [0.1, 0.15) is 0 Å². The van der Waals surface area contributed by atoms with Crippen molar-refractivity contribution in [2.75, 3.05) is 11.5 Å². The Morgan fingerprint density at radius 1 is 1.19 bits per heavy atom. The Morgan fingerprint density at radius 3 is 2.43 bits per heavy atom. The van der Waals surface area contributed by atoms with Gasteiger partial charge >= 0.3 is 0 Å². The molecule has 1 aromatic carbocycles. The highest BCUT2D eigenvalue weighted by Gasteiger charge is 2.25. The Bertz CT molecular complexity index is 592. The molecule has 0 bridgehead atoms. The van der Waals surface area contributed by atoms with Crippen LogP contribution < -0.4 is 4.90 Å². The first-order valence-electron chi connectivity index (χ1n) is 7.19. The van der Waals surface area contributed by atoms with Crippen molar-refractivity contribution < 1.29 is 14.7 Å². The van der Waals surface area contributed by atoms with Crippen molar-refractivity contribution in [3.63, 3.8) is 0 Å². The average molecular weight is 285 g/mol. The van der Waals surface area contributed by atoms with Gasteiger partial charge in [0, 0.05) is 24.8 Å². The van der Waals surface area contributed by atoms with Crippen LogP contribution in [0.4, 0.5) is 5.69 Å². The van der Waals surface area contributed by atoms with E-state index in [4.69, 9.17) is 5.11 Å². The second-order valence-electron chi connectivity index (χ2n) is 5.10. The molecule has 4 heteroatoms. The molecule has 1 aliphatic heterocycles. The lowest BCUT2D eigenvalue weighted by atomic mass is 10.1. The molecule has 0 saturated carbocycles. The van der Waals surface area contributed by atoms with Gasteiger partial charge in [-0.05, 0) is 43.5 Å². The number of amides is 2. The van der Waals surface area contributed by atoms with Crippen molar-refractivity contribution >= 4 is 17.5 Å². The van der Waals surface area contributed by atoms with E-state index in [0.29, 0.717) is 24.9 Å². The molecule has 1 fully saturated rings. The molecule has 0 spiro atoms. The predicted octanol–water partition coefficient (Wildman–Crippen LogP) is 2.16. The Hall–Kier alpha value is -2.12. The van der Waals surface area contributed by atoms with Crippen LogP contribution in [0.2, 0.25) is 0 Å². The van der Waals surface area contributed by atoms with Crippen LogP contribution in [0.15, 0.2) is 18.2 Å². The molecule has 4 nitrogen and oxygen atoms in total. The number of hydrogen-bond donors (Lipinski definition) is 1. The molecule has 0 unspecified atom stereocenters. The van der Waals surface area contributed by atoms with E-state index in [1.54, 1.807) is 6.07 Å². The lowest BCUT2D eigenvalue weighted by Crippen LogP contribution is -2.35. The molecule has 1 aliphatic rings. The van der Waals surface area contributed by atoms with Gasteiger partial charge in [-0.25, -0.2) is 0 Å². The number of imide groups is 1. The minimum Gasteiger partial charge on any atom is -0.395 e. The van der Waals surface area contributed by atoms with Crippen LogP contribution in [0.3, 0.4) is 0 Å². The van der Waals surface area contributed by atoms with Crippen LogP contribution in [-0.2, 0) is 9.59 Å². The zero-order chi connectivity index (χ0) is 15.2. The van der Waals surface area contributed by atoms with Gasteiger partial charge in [-0.2, -0.15) is 0 Å². The smallest absolute Gasteiger partial charge is 0.233 e. The van der Waals surface area contributed by atoms with E-state index in [0.717, 1.165) is 24.0 Å². The van der Waals surface area contributed by atoms with Gasteiger partial charge in [-0.1, -0.05) is 11.8 Å². The van der Waals surface area contributed by atoms with Crippen LogP contribution in [0.1, 0.15) is 43.2 Å². The summed E-state index contributed by atoms with van der Waals surface area (Å²) < 4.78 is 0. The molecule has 1 saturated heterocycles. The molecule has 1 heterocycles. The summed E-state index contributed by atoms with van der Waals surface area (Å²) >= 11 is 0. The summed E-state index contributed by atoms with van der Waals surface area (Å²) in [4.78, 5) is 25.5. The molecule has 1 N–H and O–H groups in total. The van der Waals surface area contributed by atoms with Gasteiger partial charge in [-0.3, -0.25) is 14.5 Å². The lowest BCUT2D eigenvalue weighted by Gasteiger charge is -2.19. The van der Waals surface area contributed by atoms with Crippen molar-refractivity contribution in [2.24, 2.45) is 0 Å². The second kappa shape index (κ2) is 7.05. The van der Waals surface area contributed by atoms with Gasteiger partial charge < -0.3 is 5.11 Å². The largest absolute Gasteiger partial charge is 0.395 e. The number of hydrogen-bond acceptors (Lipinski definition) is 3. The van der Waals surface area contributed by atoms with Crippen molar-refractivity contribution in [3.05, 3.63) is 29.3 Å². The molecule has 2 amide bonds. The molecule has 0 aliphatic carbocycles. The SMILES string of the molecule is Cc1cc(N2C(=O)CCCCC2=O)ccc1C#CCCO. The van der Waals surface area contributed by atoms with E-state index >= 15 is 0 Å². The summed E-state index contributed by atoms with van der Waals surface area (Å²) in [6.45, 7) is 1.94. The maximum absolute atomic E-state index is 12.1. The summed E-state index contributed by atoms with van der Waals surface area (Å²) in [5, 5.41) is 8.73. The highest BCUT2D eigenvalue weighted by atomic mass is 16.2. The number of anilines is 1. The summed E-state index contributed by atoms with van der Waals surface area (Å²) in [7, 11) is 0. The van der Waals surface area contributed by atoms with E-state index in [2.05, 4.69) is 11.8 Å². The first-order chi connectivity index (χ1) is 10.1. The Labute approximate surface area is 124 Å². The Kier molecular flexibility index (Phi) is 5.13. The zero-order valence-corrected chi connectivity index (χ0v) is 12.2. The van der Waals surface area contributed by atoms with Crippen molar-refractivity contribution in [1.29, 1.82) is 0 Å². The summed E-state index contributed by atoms with van der Waals surface area (Å²) in [5.41, 5.74) is 2.39. The molecule has 0 aromatic heterocycles. The van der Waals surface area contributed by atoms with Gasteiger partial charge in [-0.15, -0.1) is 0 Å². The third kappa shape index (κ3) is 3.71. The van der Waals surface area contributed by atoms with Gasteiger partial charge in [0.15, 0.2) is 0 Å². The molecule has 21 heavy (non-hydrogen) atoms. The Balaban J connectivity index is 2.28. The number of aryl methyl sites for hydroxylation is 1. The number of benzene rings is 1. The normalized spacial score (nSPS) is 15.4. The van der Waals surface area contributed by atoms with Crippen molar-refractivity contribution in [2.45, 2.75) is 39.0 Å². The fourth-order valence-corrected chi connectivity index (χ4v) is 2.34. The van der Waals surface area contributed by atoms with Crippen LogP contribution in [0.5, 0.6) is 0 Å². The lowest BCUT2D eigenvalue weighted by molar-refractivity contribution is -0.125. The number of aliphatic hydroxyl groups is 1. The third-order valence-electron chi connectivity index (χ3n) is 3.46. The van der Waals surface area contributed by atoms with E-state index in [-0.39, 0.29) is 18.4 Å². The van der Waals surface area contributed by atoms with Crippen LogP contribution in [-0.4, -0.2) is 23.5 Å². The molecule has 0 radical (unpaired) electrons. The maximum atomic E-state index is 12.1. The van der Waals surface area contributed by atoms with E-state index in [1.165, 1.54) is 4.90 Å². The quantitative estimate of drug-likeness (QED) is 0.669. The zero-order valence-electron chi connectivity index (χ0n) is 12.2. The Morgan fingerprint density at radius 2 is 1.86 bits per heavy atom. The predicted molar refractivity (Wildman–Crippen MR) is 80.7 cm³/mol. The summed E-state index contributed by atoms with van der Waals surface area (Å²) in [6.07, 6.45) is 2.81. The van der Waals surface area contributed by atoms with Crippen molar-refractivity contribution in [3.8, 4) is 11.8 Å². The molecular formula is C17H19NO3. The number of rotatable bonds is 2. The van der Waals surface area contributed by atoms with Crippen LogP contribution >= 0.6 is 0 Å². The highest BCUT2D eigenvalue weighted by molar-refractivity contribution is 6.15. The van der Waals surface area contributed by atoms with Gasteiger partial charge in [0.2, 0.25) is 11.8 Å². The van der Waals surface area contributed by atoms with Gasteiger partial charge in [0.25, 0.3) is 0 Å². The number of carbonyl (C=O) groups excluding carboxylic acids is 2. The second-order valence-corrected chi connectivity index (χ2v) is 5.10. The van der Waals surface area contributed by atoms with Gasteiger partial charge in [0.05, 0.1) is 12.3 Å². The topological polar surface area (TPSA) is 57.6 Å². The molecule has 0 atom stereocenters. The minimum absolute atomic E-state index is 0.0426. The standard InChI is InChI=1S/C17H19NO3/c1-13-12-15(10-9-14(13)6-4-5-11-19)18-16(20)7-2-3-8-17(18)21/h9-10,12,19H,2-3,5,7-8,11H2,1H3. The number of aliphatic hydroxyl groups excluding tert-OH is 1. The number of carbonyl (C=O) groups is 2. The molecule has 2 rings (SSSR count). The fraction of sp³-hybridized carbons (Fsp3) is 0.412. The first-order valence-corrected chi connectivity index (χ1v) is 7.19. The minimum atomic E-state index is -0.129.